The summed E-state index contributed by atoms with van der Waals surface area (Å²) in [6.07, 6.45) is 16.0. The molecule has 286 valence electrons. The molecular weight excluding hydrogens is 790 g/mol. The van der Waals surface area contributed by atoms with Gasteiger partial charge in [0.1, 0.15) is 21.5 Å². The molecule has 0 bridgehead atoms. The fourth-order valence-corrected chi connectivity index (χ4v) is 7.75. The fraction of sp³-hybridized carbons (Fsp3) is 0.447. The average Bonchev–Trinajstić information content (AvgIpc) is 3.48. The average molecular weight is 837 g/mol. The Hall–Kier alpha value is -2.53. The molecule has 1 heterocycles. The van der Waals surface area contributed by atoms with Gasteiger partial charge in [0.25, 0.3) is 5.24 Å². The highest BCUT2D eigenvalue weighted by Crippen LogP contribution is 2.38. The highest BCUT2D eigenvalue weighted by Gasteiger charge is 2.33. The molecule has 0 spiro atoms. The van der Waals surface area contributed by atoms with Gasteiger partial charge in [-0.2, -0.15) is 0 Å². The van der Waals surface area contributed by atoms with E-state index in [4.69, 9.17) is 62.4 Å². The van der Waals surface area contributed by atoms with Crippen LogP contribution in [-0.4, -0.2) is 34.9 Å². The normalized spacial score (nSPS) is 11.6. The van der Waals surface area contributed by atoms with Gasteiger partial charge in [0.15, 0.2) is 21.3 Å². The van der Waals surface area contributed by atoms with E-state index in [1.54, 1.807) is 13.8 Å². The van der Waals surface area contributed by atoms with Gasteiger partial charge >= 0.3 is 0 Å². The third-order valence-electron chi connectivity index (χ3n) is 7.99. The number of rotatable bonds is 16. The summed E-state index contributed by atoms with van der Waals surface area (Å²) in [6, 6.07) is 10.9. The van der Waals surface area contributed by atoms with Gasteiger partial charge in [-0.25, -0.2) is 13.4 Å². The van der Waals surface area contributed by atoms with Crippen LogP contribution in [0.3, 0.4) is 0 Å². The standard InChI is InChI=1S/C18H16Cl2N2O5S.C13H28.C7H3Cl3O/c1-3-14(28(25,26)11-6-4-10(23)5-7-11)18(24)22-16-12(19)8-13-17(15(16)20)27-9(2)21-13;1-3-5-7-9-11-13-12-10-8-6-4-2;8-5-2-1-4(7(10)11)3-6(5)9/h4-8,14,23H,3H2,1-2H3,(H,22,24);3-13H2,1-2H3;1-3H. The number of carbonyl (C=O) groups excluding carboxylic acids is 2. The number of halogens is 5. The van der Waals surface area contributed by atoms with E-state index in [1.807, 2.05) is 0 Å². The minimum atomic E-state index is -4.00. The zero-order chi connectivity index (χ0) is 38.8. The maximum Gasteiger partial charge on any atom is 0.252 e. The van der Waals surface area contributed by atoms with Crippen molar-refractivity contribution in [2.75, 3.05) is 5.32 Å². The molecule has 0 radical (unpaired) electrons. The van der Waals surface area contributed by atoms with Gasteiger partial charge < -0.3 is 14.8 Å². The largest absolute Gasteiger partial charge is 0.508 e. The summed E-state index contributed by atoms with van der Waals surface area (Å²) < 4.78 is 31.1. The van der Waals surface area contributed by atoms with Gasteiger partial charge in [-0.1, -0.05) is 138 Å². The van der Waals surface area contributed by atoms with E-state index >= 15 is 0 Å². The number of hydrogen-bond donors (Lipinski definition) is 2. The van der Waals surface area contributed by atoms with Crippen LogP contribution >= 0.6 is 58.0 Å². The number of phenolic OH excluding ortho intramolecular Hbond substituents is 1. The Morgan fingerprint density at radius 3 is 1.81 bits per heavy atom. The Morgan fingerprint density at radius 2 is 1.33 bits per heavy atom. The number of unbranched alkanes of at least 4 members (excludes halogenated alkanes) is 10. The van der Waals surface area contributed by atoms with E-state index in [0.717, 1.165) is 0 Å². The van der Waals surface area contributed by atoms with E-state index in [9.17, 15) is 23.1 Å². The zero-order valence-corrected chi connectivity index (χ0v) is 34.5. The van der Waals surface area contributed by atoms with Crippen LogP contribution < -0.4 is 5.32 Å². The number of benzene rings is 3. The quantitative estimate of drug-likeness (QED) is 0.0850. The van der Waals surface area contributed by atoms with Crippen LogP contribution in [-0.2, 0) is 14.6 Å². The van der Waals surface area contributed by atoms with Crippen molar-refractivity contribution < 1.29 is 27.5 Å². The molecule has 0 aliphatic rings. The molecule has 1 atom stereocenters. The number of oxazole rings is 1. The number of nitrogens with one attached hydrogen (secondary N) is 1. The van der Waals surface area contributed by atoms with Gasteiger partial charge in [-0.3, -0.25) is 9.59 Å². The lowest BCUT2D eigenvalue weighted by Crippen LogP contribution is -2.34. The number of carbonyl (C=O) groups is 2. The summed E-state index contributed by atoms with van der Waals surface area (Å²) in [5.41, 5.74) is 1.07. The summed E-state index contributed by atoms with van der Waals surface area (Å²) >= 11 is 28.9. The lowest BCUT2D eigenvalue weighted by Gasteiger charge is -2.17. The Labute approximate surface area is 332 Å². The fourth-order valence-electron chi connectivity index (χ4n) is 5.13. The third-order valence-corrected chi connectivity index (χ3v) is 11.8. The first-order valence-corrected chi connectivity index (χ1v) is 20.8. The van der Waals surface area contributed by atoms with Crippen molar-refractivity contribution in [2.45, 2.75) is 115 Å². The summed E-state index contributed by atoms with van der Waals surface area (Å²) in [5, 5.41) is 10.8. The van der Waals surface area contributed by atoms with Crippen molar-refractivity contribution in [3.8, 4) is 5.75 Å². The predicted octanol–water partition coefficient (Wildman–Crippen LogP) is 13.0. The van der Waals surface area contributed by atoms with E-state index in [-0.39, 0.29) is 38.4 Å². The smallest absolute Gasteiger partial charge is 0.252 e. The van der Waals surface area contributed by atoms with Crippen LogP contribution in [0.25, 0.3) is 11.1 Å². The molecular formula is C38H47Cl5N2O6S. The Balaban J connectivity index is 0.000000323. The maximum absolute atomic E-state index is 12.9. The number of phenols is 1. The molecule has 0 saturated heterocycles. The van der Waals surface area contributed by atoms with E-state index in [2.05, 4.69) is 24.1 Å². The van der Waals surface area contributed by atoms with Crippen molar-refractivity contribution in [3.63, 3.8) is 0 Å². The monoisotopic (exact) mass is 834 g/mol. The minimum Gasteiger partial charge on any atom is -0.508 e. The molecule has 14 heteroatoms. The van der Waals surface area contributed by atoms with Gasteiger partial charge in [-0.15, -0.1) is 0 Å². The first-order valence-electron chi connectivity index (χ1n) is 17.4. The lowest BCUT2D eigenvalue weighted by atomic mass is 10.1. The van der Waals surface area contributed by atoms with Gasteiger partial charge in [0, 0.05) is 12.5 Å². The molecule has 1 unspecified atom stereocenters. The molecule has 1 aromatic heterocycles. The molecule has 52 heavy (non-hydrogen) atoms. The van der Waals surface area contributed by atoms with Gasteiger partial charge in [-0.05, 0) is 66.6 Å². The predicted molar refractivity (Wildman–Crippen MR) is 216 cm³/mol. The third kappa shape index (κ3) is 14.4. The highest BCUT2D eigenvalue weighted by molar-refractivity contribution is 7.92. The summed E-state index contributed by atoms with van der Waals surface area (Å²) in [6.45, 7) is 7.78. The number of aromatic hydroxyl groups is 1. The van der Waals surface area contributed by atoms with E-state index in [0.29, 0.717) is 27.0 Å². The summed E-state index contributed by atoms with van der Waals surface area (Å²) in [7, 11) is -4.00. The van der Waals surface area contributed by atoms with Gasteiger partial charge in [0.2, 0.25) is 5.91 Å². The number of fused-ring (bicyclic) bond motifs is 1. The number of amides is 1. The number of nitrogens with zero attached hydrogens (tertiary/aromatic N) is 1. The molecule has 3 aromatic carbocycles. The second kappa shape index (κ2) is 23.3. The topological polar surface area (TPSA) is 127 Å². The highest BCUT2D eigenvalue weighted by atomic mass is 35.5. The summed E-state index contributed by atoms with van der Waals surface area (Å²) in [4.78, 5) is 27.4. The number of hydrogen-bond acceptors (Lipinski definition) is 7. The van der Waals surface area contributed by atoms with E-state index in [1.165, 1.54) is 119 Å². The summed E-state index contributed by atoms with van der Waals surface area (Å²) in [5.74, 6) is -0.488. The first kappa shape index (κ1) is 45.6. The molecule has 0 saturated carbocycles. The molecule has 8 nitrogen and oxygen atoms in total. The number of sulfone groups is 1. The van der Waals surface area contributed by atoms with Crippen LogP contribution in [0.5, 0.6) is 5.75 Å². The van der Waals surface area contributed by atoms with Crippen LogP contribution in [0.1, 0.15) is 114 Å². The maximum atomic E-state index is 12.9. The molecule has 0 aliphatic heterocycles. The number of anilines is 1. The van der Waals surface area contributed by atoms with Crippen LogP contribution in [0.4, 0.5) is 5.69 Å². The van der Waals surface area contributed by atoms with Crippen molar-refractivity contribution in [2.24, 2.45) is 0 Å². The van der Waals surface area contributed by atoms with Crippen molar-refractivity contribution >= 4 is 95.8 Å². The molecule has 2 N–H and O–H groups in total. The van der Waals surface area contributed by atoms with Crippen molar-refractivity contribution in [3.05, 3.63) is 80.1 Å². The Morgan fingerprint density at radius 1 is 0.788 bits per heavy atom. The molecule has 0 aliphatic carbocycles. The zero-order valence-electron chi connectivity index (χ0n) is 29.9. The Bertz CT molecular complexity index is 1840. The molecule has 4 aromatic rings. The van der Waals surface area contributed by atoms with Crippen LogP contribution in [0.15, 0.2) is 57.8 Å². The van der Waals surface area contributed by atoms with Crippen molar-refractivity contribution in [1.29, 1.82) is 0 Å². The van der Waals surface area contributed by atoms with Crippen LogP contribution in [0, 0.1) is 6.92 Å². The van der Waals surface area contributed by atoms with Crippen molar-refractivity contribution in [1.82, 2.24) is 4.98 Å². The number of aromatic nitrogens is 1. The molecule has 0 fully saturated rings. The minimum absolute atomic E-state index is 0.0218. The Kier molecular flexibility index (Phi) is 20.4. The van der Waals surface area contributed by atoms with E-state index < -0.39 is 26.2 Å². The number of aryl methyl sites for hydroxylation is 1. The van der Waals surface area contributed by atoms with Crippen LogP contribution in [0.2, 0.25) is 20.1 Å². The first-order chi connectivity index (χ1) is 24.7. The van der Waals surface area contributed by atoms with Gasteiger partial charge in [0.05, 0.1) is 25.7 Å². The second-order valence-electron chi connectivity index (χ2n) is 12.1. The second-order valence-corrected chi connectivity index (χ2v) is 16.2. The molecule has 1 amide bonds. The lowest BCUT2D eigenvalue weighted by molar-refractivity contribution is -0.115. The molecule has 4 rings (SSSR count). The SMILES string of the molecule is CCC(C(=O)Nc1c(Cl)cc2nc(C)oc2c1Cl)S(=O)(=O)c1ccc(O)cc1.CCCCCCCCCCCCC.O=C(Cl)c1ccc(Cl)c(Cl)c1.